The molecule has 0 aromatic heterocycles. The second-order valence-electron chi connectivity index (χ2n) is 10.5. The van der Waals surface area contributed by atoms with Crippen molar-refractivity contribution >= 4 is 5.97 Å². The molecule has 2 saturated carbocycles. The van der Waals surface area contributed by atoms with Crippen molar-refractivity contribution in [2.24, 2.45) is 23.7 Å². The molecule has 0 aromatic carbocycles. The van der Waals surface area contributed by atoms with Crippen molar-refractivity contribution in [2.45, 2.75) is 108 Å². The zero-order chi connectivity index (χ0) is 21.5. The molecule has 0 amide bonds. The van der Waals surface area contributed by atoms with Crippen molar-refractivity contribution in [3.63, 3.8) is 0 Å². The number of hydrogen-bond donors (Lipinski definition) is 2. The predicted octanol–water partition coefficient (Wildman–Crippen LogP) is 3.68. The Kier molecular flexibility index (Phi) is 6.62. The van der Waals surface area contributed by atoms with Gasteiger partial charge >= 0.3 is 5.97 Å². The molecule has 0 bridgehead atoms. The highest BCUT2D eigenvalue weighted by atomic mass is 16.5. The van der Waals surface area contributed by atoms with Gasteiger partial charge in [-0.3, -0.25) is 9.69 Å². The Morgan fingerprint density at radius 3 is 2.63 bits per heavy atom. The molecule has 3 unspecified atom stereocenters. The highest BCUT2D eigenvalue weighted by molar-refractivity contribution is 5.82. The largest absolute Gasteiger partial charge is 0.468 e. The predicted molar refractivity (Wildman–Crippen MR) is 117 cm³/mol. The van der Waals surface area contributed by atoms with E-state index in [1.165, 1.54) is 12.8 Å². The Bertz CT molecular complexity index is 645. The number of rotatable bonds is 6. The molecular weight excluding hydrogens is 378 g/mol. The van der Waals surface area contributed by atoms with E-state index in [0.29, 0.717) is 17.9 Å². The monoisotopic (exact) mass is 419 g/mol. The van der Waals surface area contributed by atoms with Crippen LogP contribution in [0.15, 0.2) is 12.2 Å². The Balaban J connectivity index is 1.61. The van der Waals surface area contributed by atoms with E-state index >= 15 is 0 Å². The molecule has 2 saturated heterocycles. The maximum Gasteiger partial charge on any atom is 0.326 e. The van der Waals surface area contributed by atoms with Crippen molar-refractivity contribution in [1.29, 1.82) is 0 Å². The number of nitrogens with zero attached hydrogens (tertiary/aromatic N) is 1. The maximum absolute atomic E-state index is 13.3. The zero-order valence-corrected chi connectivity index (χ0v) is 19.0. The van der Waals surface area contributed by atoms with E-state index in [4.69, 9.17) is 4.74 Å². The highest BCUT2D eigenvalue weighted by Crippen LogP contribution is 2.56. The minimum absolute atomic E-state index is 0.0413. The van der Waals surface area contributed by atoms with Gasteiger partial charge in [0, 0.05) is 18.0 Å². The first-order valence-corrected chi connectivity index (χ1v) is 12.3. The van der Waals surface area contributed by atoms with Crippen molar-refractivity contribution in [3.05, 3.63) is 12.2 Å². The lowest BCUT2D eigenvalue weighted by Gasteiger charge is -2.52. The van der Waals surface area contributed by atoms with E-state index in [0.717, 1.165) is 51.4 Å². The van der Waals surface area contributed by atoms with E-state index in [1.807, 2.05) is 6.08 Å². The summed E-state index contributed by atoms with van der Waals surface area (Å²) in [6, 6.07) is 0.650. The van der Waals surface area contributed by atoms with Crippen LogP contribution >= 0.6 is 0 Å². The van der Waals surface area contributed by atoms with E-state index in [2.05, 4.69) is 24.8 Å². The van der Waals surface area contributed by atoms with E-state index in [9.17, 15) is 15.0 Å². The first-order chi connectivity index (χ1) is 14.4. The molecule has 4 rings (SSSR count). The van der Waals surface area contributed by atoms with Gasteiger partial charge in [-0.25, -0.2) is 0 Å². The smallest absolute Gasteiger partial charge is 0.326 e. The number of carbonyl (C=O) groups is 1. The average Bonchev–Trinajstić information content (AvgIpc) is 3.47. The first kappa shape index (κ1) is 22.3. The van der Waals surface area contributed by atoms with E-state index in [1.54, 1.807) is 7.11 Å². The highest BCUT2D eigenvalue weighted by Gasteiger charge is 2.63. The molecule has 0 aromatic rings. The van der Waals surface area contributed by atoms with Crippen LogP contribution in [0, 0.1) is 23.7 Å². The average molecular weight is 420 g/mol. The molecule has 0 radical (unpaired) electrons. The van der Waals surface area contributed by atoms with Gasteiger partial charge in [0.25, 0.3) is 0 Å². The lowest BCUT2D eigenvalue weighted by atomic mass is 9.73. The van der Waals surface area contributed by atoms with Gasteiger partial charge in [0.1, 0.15) is 5.54 Å². The van der Waals surface area contributed by atoms with Gasteiger partial charge in [-0.1, -0.05) is 45.3 Å². The van der Waals surface area contributed by atoms with Crippen molar-refractivity contribution < 1.29 is 19.7 Å². The third-order valence-electron chi connectivity index (χ3n) is 9.09. The summed E-state index contributed by atoms with van der Waals surface area (Å²) < 4.78 is 5.44. The Labute approximate surface area is 181 Å². The number of hydrogen-bond acceptors (Lipinski definition) is 5. The van der Waals surface area contributed by atoms with Crippen molar-refractivity contribution in [3.8, 4) is 0 Å². The lowest BCUT2D eigenvalue weighted by molar-refractivity contribution is -0.168. The van der Waals surface area contributed by atoms with Crippen LogP contribution in [0.3, 0.4) is 0 Å². The summed E-state index contributed by atoms with van der Waals surface area (Å²) >= 11 is 0. The molecule has 170 valence electrons. The quantitative estimate of drug-likeness (QED) is 0.508. The Morgan fingerprint density at radius 2 is 1.97 bits per heavy atom. The molecule has 4 fully saturated rings. The summed E-state index contributed by atoms with van der Waals surface area (Å²) in [4.78, 5) is 15.9. The number of carbonyl (C=O) groups excluding carboxylic acids is 1. The number of fused-ring (bicyclic) bond motifs is 3. The molecule has 4 aliphatic rings. The van der Waals surface area contributed by atoms with Gasteiger partial charge in [-0.2, -0.15) is 0 Å². The second-order valence-corrected chi connectivity index (χ2v) is 10.5. The molecule has 5 heteroatoms. The van der Waals surface area contributed by atoms with Crippen LogP contribution in [0.1, 0.15) is 78.1 Å². The third kappa shape index (κ3) is 3.55. The molecule has 2 N–H and O–H groups in total. The maximum atomic E-state index is 13.3. The SMILES string of the molecule is CCC(C)[C@@H](O)/C=C/[C@@H]1[C@H]2CC3CCCC(C(=O)OC)(C4CCCC4)N3[C@@H]2C[C@H]1O. The van der Waals surface area contributed by atoms with Crippen LogP contribution in [0.25, 0.3) is 0 Å². The van der Waals surface area contributed by atoms with Crippen LogP contribution in [-0.4, -0.2) is 58.0 Å². The normalized spacial score (nSPS) is 41.7. The van der Waals surface area contributed by atoms with Crippen molar-refractivity contribution in [2.75, 3.05) is 7.11 Å². The van der Waals surface area contributed by atoms with Gasteiger partial charge in [-0.15, -0.1) is 0 Å². The number of aliphatic hydroxyl groups excluding tert-OH is 2. The van der Waals surface area contributed by atoms with Crippen molar-refractivity contribution in [1.82, 2.24) is 4.90 Å². The molecular formula is C25H41NO4. The van der Waals surface area contributed by atoms with Crippen LogP contribution in [0.5, 0.6) is 0 Å². The minimum atomic E-state index is -0.498. The summed E-state index contributed by atoms with van der Waals surface area (Å²) in [5, 5.41) is 21.4. The van der Waals surface area contributed by atoms with Gasteiger partial charge < -0.3 is 14.9 Å². The topological polar surface area (TPSA) is 70.0 Å². The summed E-state index contributed by atoms with van der Waals surface area (Å²) in [5.74, 6) is 0.984. The standard InChI is InChI=1S/C25H41NO4/c1-4-16(2)22(27)12-11-19-20-14-18-10-7-13-25(24(29)30-3,17-8-5-6-9-17)26(18)21(20)15-23(19)28/h11-12,16-23,27-28H,4-10,13-15H2,1-3H3/b12-11+/t16?,18?,19-,20-,21-,22+,23-,25?/m1/s1. The molecule has 2 aliphatic carbocycles. The molecule has 5 nitrogen and oxygen atoms in total. The third-order valence-corrected chi connectivity index (χ3v) is 9.09. The van der Waals surface area contributed by atoms with E-state index in [-0.39, 0.29) is 23.8 Å². The van der Waals surface area contributed by atoms with Crippen LogP contribution in [0.4, 0.5) is 0 Å². The summed E-state index contributed by atoms with van der Waals surface area (Å²) in [5.41, 5.74) is -0.498. The molecule has 8 atom stereocenters. The van der Waals surface area contributed by atoms with Crippen LogP contribution < -0.4 is 0 Å². The Hall–Kier alpha value is -0.910. The minimum Gasteiger partial charge on any atom is -0.468 e. The van der Waals surface area contributed by atoms with Gasteiger partial charge in [0.05, 0.1) is 19.3 Å². The molecule has 0 spiro atoms. The number of piperidine rings is 1. The lowest BCUT2D eigenvalue weighted by Crippen LogP contribution is -2.65. The van der Waals surface area contributed by atoms with Gasteiger partial charge in [0.15, 0.2) is 0 Å². The zero-order valence-electron chi connectivity index (χ0n) is 19.0. The first-order valence-electron chi connectivity index (χ1n) is 12.3. The number of esters is 1. The molecule has 30 heavy (non-hydrogen) atoms. The van der Waals surface area contributed by atoms with Crippen LogP contribution in [-0.2, 0) is 9.53 Å². The van der Waals surface area contributed by atoms with E-state index < -0.39 is 17.7 Å². The molecule has 2 heterocycles. The summed E-state index contributed by atoms with van der Waals surface area (Å²) in [6.07, 6.45) is 13.6. The second kappa shape index (κ2) is 8.91. The fourth-order valence-electron chi connectivity index (χ4n) is 7.38. The summed E-state index contributed by atoms with van der Waals surface area (Å²) in [6.45, 7) is 4.15. The fourth-order valence-corrected chi connectivity index (χ4v) is 7.38. The van der Waals surface area contributed by atoms with Gasteiger partial charge in [-0.05, 0) is 62.7 Å². The Morgan fingerprint density at radius 1 is 1.23 bits per heavy atom. The number of aliphatic hydroxyl groups is 2. The number of methoxy groups -OCH3 is 1. The summed E-state index contributed by atoms with van der Waals surface area (Å²) in [7, 11) is 1.54. The number of ether oxygens (including phenoxy) is 1. The molecule has 2 aliphatic heterocycles. The fraction of sp³-hybridized carbons (Fsp3) is 0.880. The van der Waals surface area contributed by atoms with Crippen LogP contribution in [0.2, 0.25) is 0 Å². The van der Waals surface area contributed by atoms with Gasteiger partial charge in [0.2, 0.25) is 0 Å².